The zero-order valence-corrected chi connectivity index (χ0v) is 11.7. The van der Waals surface area contributed by atoms with Gasteiger partial charge in [-0.3, -0.25) is 0 Å². The van der Waals surface area contributed by atoms with Crippen molar-refractivity contribution in [2.45, 2.75) is 6.04 Å². The molecular weight excluding hydrogens is 327 g/mol. The average molecular weight is 336 g/mol. The van der Waals surface area contributed by atoms with E-state index in [1.165, 1.54) is 11.3 Å². The maximum atomic E-state index is 13.2. The maximum Gasteiger partial charge on any atom is 0.194 e. The second-order valence-electron chi connectivity index (χ2n) is 3.66. The maximum absolute atomic E-state index is 13.2. The zero-order valence-electron chi connectivity index (χ0n) is 9.31. The number of nitrogens with one attached hydrogen (secondary N) is 1. The van der Waals surface area contributed by atoms with Crippen molar-refractivity contribution in [1.82, 2.24) is 5.32 Å². The molecule has 0 fully saturated rings. The molecule has 0 amide bonds. The highest BCUT2D eigenvalue weighted by Crippen LogP contribution is 2.32. The summed E-state index contributed by atoms with van der Waals surface area (Å²) in [6.07, 6.45) is 0. The van der Waals surface area contributed by atoms with Crippen molar-refractivity contribution in [2.75, 3.05) is 7.05 Å². The third kappa shape index (κ3) is 2.60. The van der Waals surface area contributed by atoms with Gasteiger partial charge in [-0.2, -0.15) is 0 Å². The normalized spacial score (nSPS) is 12.7. The van der Waals surface area contributed by atoms with E-state index in [9.17, 15) is 13.2 Å². The lowest BCUT2D eigenvalue weighted by atomic mass is 10.0. The number of thiophene rings is 1. The third-order valence-electron chi connectivity index (χ3n) is 2.51. The Balaban J connectivity index is 2.45. The van der Waals surface area contributed by atoms with Crippen molar-refractivity contribution in [3.05, 3.63) is 55.9 Å². The molecule has 0 aliphatic carbocycles. The Bertz CT molecular complexity index is 547. The minimum atomic E-state index is -1.44. The van der Waals surface area contributed by atoms with E-state index in [2.05, 4.69) is 21.2 Å². The molecule has 1 nitrogen and oxygen atoms in total. The van der Waals surface area contributed by atoms with E-state index in [1.54, 1.807) is 7.05 Å². The summed E-state index contributed by atoms with van der Waals surface area (Å²) in [6.45, 7) is 0. The first-order valence-corrected chi connectivity index (χ1v) is 6.71. The van der Waals surface area contributed by atoms with Gasteiger partial charge in [0.05, 0.1) is 9.83 Å². The van der Waals surface area contributed by atoms with Gasteiger partial charge in [-0.1, -0.05) is 0 Å². The topological polar surface area (TPSA) is 12.0 Å². The molecule has 6 heteroatoms. The first-order valence-electron chi connectivity index (χ1n) is 5.10. The molecule has 1 aromatic carbocycles. The van der Waals surface area contributed by atoms with Gasteiger partial charge < -0.3 is 5.32 Å². The summed E-state index contributed by atoms with van der Waals surface area (Å²) in [5.74, 6) is -3.80. The molecule has 0 saturated carbocycles. The fourth-order valence-corrected chi connectivity index (χ4v) is 3.26. The van der Waals surface area contributed by atoms with E-state index < -0.39 is 17.5 Å². The largest absolute Gasteiger partial charge is 0.309 e. The van der Waals surface area contributed by atoms with Gasteiger partial charge in [-0.15, -0.1) is 11.3 Å². The van der Waals surface area contributed by atoms with Gasteiger partial charge >= 0.3 is 0 Å². The SMILES string of the molecule is CNC(c1cc(F)c(F)c(F)c1)c1ccc(Br)s1. The summed E-state index contributed by atoms with van der Waals surface area (Å²) in [6, 6.07) is 5.33. The van der Waals surface area contributed by atoms with Gasteiger partial charge in [-0.25, -0.2) is 13.2 Å². The molecule has 0 spiro atoms. The van der Waals surface area contributed by atoms with Gasteiger partial charge in [0.15, 0.2) is 17.5 Å². The molecule has 18 heavy (non-hydrogen) atoms. The van der Waals surface area contributed by atoms with E-state index in [0.29, 0.717) is 5.56 Å². The van der Waals surface area contributed by atoms with Gasteiger partial charge in [0.2, 0.25) is 0 Å². The van der Waals surface area contributed by atoms with Crippen LogP contribution in [0.2, 0.25) is 0 Å². The van der Waals surface area contributed by atoms with Crippen LogP contribution in [-0.4, -0.2) is 7.05 Å². The van der Waals surface area contributed by atoms with Crippen LogP contribution in [0.4, 0.5) is 13.2 Å². The quantitative estimate of drug-likeness (QED) is 0.827. The van der Waals surface area contributed by atoms with Gasteiger partial charge in [-0.05, 0) is 52.8 Å². The van der Waals surface area contributed by atoms with Crippen LogP contribution in [0.5, 0.6) is 0 Å². The molecular formula is C12H9BrF3NS. The Morgan fingerprint density at radius 2 is 1.78 bits per heavy atom. The number of benzene rings is 1. The lowest BCUT2D eigenvalue weighted by Gasteiger charge is -2.15. The first kappa shape index (κ1) is 13.6. The fourth-order valence-electron chi connectivity index (χ4n) is 1.70. The van der Waals surface area contributed by atoms with Crippen LogP contribution >= 0.6 is 27.3 Å². The highest BCUT2D eigenvalue weighted by atomic mass is 79.9. The molecule has 1 atom stereocenters. The molecule has 0 aliphatic rings. The van der Waals surface area contributed by atoms with Crippen LogP contribution < -0.4 is 5.32 Å². The molecule has 0 aliphatic heterocycles. The van der Waals surface area contributed by atoms with E-state index in [-0.39, 0.29) is 6.04 Å². The minimum Gasteiger partial charge on any atom is -0.309 e. The number of rotatable bonds is 3. The lowest BCUT2D eigenvalue weighted by molar-refractivity contribution is 0.443. The van der Waals surface area contributed by atoms with Crippen molar-refractivity contribution in [3.63, 3.8) is 0 Å². The predicted octanol–water partition coefficient (Wildman–Crippen LogP) is 4.24. The van der Waals surface area contributed by atoms with E-state index in [0.717, 1.165) is 20.8 Å². The fraction of sp³-hybridized carbons (Fsp3) is 0.167. The number of hydrogen-bond donors (Lipinski definition) is 1. The molecule has 1 aromatic heterocycles. The summed E-state index contributed by atoms with van der Waals surface area (Å²) in [5, 5.41) is 2.96. The van der Waals surface area contributed by atoms with Crippen LogP contribution in [0.15, 0.2) is 28.1 Å². The Morgan fingerprint density at radius 3 is 2.22 bits per heavy atom. The summed E-state index contributed by atoms with van der Waals surface area (Å²) < 4.78 is 40.2. The Labute approximate surface area is 115 Å². The highest BCUT2D eigenvalue weighted by molar-refractivity contribution is 9.11. The van der Waals surface area contributed by atoms with Crippen molar-refractivity contribution < 1.29 is 13.2 Å². The minimum absolute atomic E-state index is 0.350. The van der Waals surface area contributed by atoms with Gasteiger partial charge in [0.1, 0.15) is 0 Å². The predicted molar refractivity (Wildman–Crippen MR) is 69.2 cm³/mol. The van der Waals surface area contributed by atoms with Crippen LogP contribution in [-0.2, 0) is 0 Å². The molecule has 1 N–H and O–H groups in total. The summed E-state index contributed by atoms with van der Waals surface area (Å²) in [4.78, 5) is 0.884. The second kappa shape index (κ2) is 5.42. The van der Waals surface area contributed by atoms with Gasteiger partial charge in [0, 0.05) is 4.88 Å². The summed E-state index contributed by atoms with van der Waals surface area (Å²) in [5.41, 5.74) is 0.350. The standard InChI is InChI=1S/C12H9BrF3NS/c1-17-12(9-2-3-10(13)18-9)6-4-7(14)11(16)8(15)5-6/h2-5,12,17H,1H3. The van der Waals surface area contributed by atoms with Crippen molar-refractivity contribution in [2.24, 2.45) is 0 Å². The molecule has 96 valence electrons. The van der Waals surface area contributed by atoms with Crippen molar-refractivity contribution in [3.8, 4) is 0 Å². The lowest BCUT2D eigenvalue weighted by Crippen LogP contribution is -2.17. The molecule has 0 radical (unpaired) electrons. The zero-order chi connectivity index (χ0) is 13.3. The molecule has 1 heterocycles. The monoisotopic (exact) mass is 335 g/mol. The smallest absolute Gasteiger partial charge is 0.194 e. The van der Waals surface area contributed by atoms with Crippen molar-refractivity contribution >= 4 is 27.3 Å². The van der Waals surface area contributed by atoms with Crippen molar-refractivity contribution in [1.29, 1.82) is 0 Å². The Morgan fingerprint density at radius 1 is 1.17 bits per heavy atom. The highest BCUT2D eigenvalue weighted by Gasteiger charge is 2.18. The van der Waals surface area contributed by atoms with E-state index >= 15 is 0 Å². The molecule has 2 aromatic rings. The number of halogens is 4. The molecule has 0 saturated heterocycles. The first-order chi connectivity index (χ1) is 8.52. The van der Waals surface area contributed by atoms with E-state index in [4.69, 9.17) is 0 Å². The van der Waals surface area contributed by atoms with Crippen LogP contribution in [0.25, 0.3) is 0 Å². The summed E-state index contributed by atoms with van der Waals surface area (Å²) >= 11 is 4.77. The molecule has 1 unspecified atom stereocenters. The molecule has 2 rings (SSSR count). The Kier molecular flexibility index (Phi) is 4.09. The second-order valence-corrected chi connectivity index (χ2v) is 6.16. The van der Waals surface area contributed by atoms with Crippen LogP contribution in [0, 0.1) is 17.5 Å². The molecule has 0 bridgehead atoms. The number of hydrogen-bond acceptors (Lipinski definition) is 2. The van der Waals surface area contributed by atoms with Crippen LogP contribution in [0.1, 0.15) is 16.5 Å². The van der Waals surface area contributed by atoms with Gasteiger partial charge in [0.25, 0.3) is 0 Å². The average Bonchev–Trinajstić information content (AvgIpc) is 2.73. The van der Waals surface area contributed by atoms with E-state index in [1.807, 2.05) is 12.1 Å². The Hall–Kier alpha value is -0.850. The summed E-state index contributed by atoms with van der Waals surface area (Å²) in [7, 11) is 1.68. The van der Waals surface area contributed by atoms with Crippen LogP contribution in [0.3, 0.4) is 0 Å². The third-order valence-corrected chi connectivity index (χ3v) is 4.20.